The zero-order valence-corrected chi connectivity index (χ0v) is 32.3. The second kappa shape index (κ2) is 22.4. The molecule has 0 aliphatic carbocycles. The monoisotopic (exact) mass is 940 g/mol. The van der Waals surface area contributed by atoms with Crippen LogP contribution in [0.25, 0.3) is 0 Å². The molecule has 2 aliphatic rings. The SMILES string of the molecule is C.C.Cl.O=C(Nc1cc(F)c(F)c(F)c1)c1ccc(F)c(S(=O)(=O)Cl)c1.O=C(Nc1cc(F)c(F)c(F)c1)c1ccc(F)c(S(=O)(=O)N2CCC(O)C2)c1.OC1CCNC1. The van der Waals surface area contributed by atoms with E-state index in [1.807, 2.05) is 5.32 Å². The molecule has 24 heteroatoms. The van der Waals surface area contributed by atoms with Gasteiger partial charge in [0.25, 0.3) is 20.9 Å². The van der Waals surface area contributed by atoms with Crippen molar-refractivity contribution in [2.75, 3.05) is 36.8 Å². The first-order valence-corrected chi connectivity index (χ1v) is 19.9. The lowest BCUT2D eigenvalue weighted by molar-refractivity contribution is 0.101. The van der Waals surface area contributed by atoms with Gasteiger partial charge in [0.05, 0.1) is 12.2 Å². The lowest BCUT2D eigenvalue weighted by atomic mass is 10.2. The molecule has 332 valence electrons. The number of rotatable bonds is 7. The molecule has 4 aromatic rings. The molecule has 6 rings (SSSR count). The summed E-state index contributed by atoms with van der Waals surface area (Å²) in [6.07, 6.45) is 0.195. The van der Waals surface area contributed by atoms with Crippen LogP contribution in [-0.2, 0) is 19.1 Å². The molecule has 2 amide bonds. The maximum atomic E-state index is 14.1. The normalized spacial score (nSPS) is 16.1. The predicted molar refractivity (Wildman–Crippen MR) is 208 cm³/mol. The summed E-state index contributed by atoms with van der Waals surface area (Å²) in [4.78, 5) is 22.5. The molecule has 0 aromatic heterocycles. The van der Waals surface area contributed by atoms with E-state index in [1.54, 1.807) is 0 Å². The minimum atomic E-state index is -4.43. The number of carbonyl (C=O) groups is 2. The van der Waals surface area contributed by atoms with Crippen molar-refractivity contribution in [3.8, 4) is 0 Å². The van der Waals surface area contributed by atoms with Crippen LogP contribution in [0.1, 0.15) is 48.4 Å². The number of β-amino-alcohol motifs (C(OH)–C–C–N with tert-alkyl or cyclic N) is 2. The van der Waals surface area contributed by atoms with Crippen LogP contribution in [0, 0.1) is 46.5 Å². The van der Waals surface area contributed by atoms with E-state index >= 15 is 0 Å². The fraction of sp³-hybridized carbons (Fsp3) is 0.278. The van der Waals surface area contributed by atoms with Gasteiger partial charge in [-0.3, -0.25) is 9.59 Å². The average molecular weight is 942 g/mol. The Kier molecular flexibility index (Phi) is 20.0. The lowest BCUT2D eigenvalue weighted by Gasteiger charge is -2.17. The molecule has 60 heavy (non-hydrogen) atoms. The molecule has 5 N–H and O–H groups in total. The van der Waals surface area contributed by atoms with Crippen molar-refractivity contribution in [1.82, 2.24) is 9.62 Å². The third kappa shape index (κ3) is 13.8. The van der Waals surface area contributed by atoms with Crippen LogP contribution in [0.15, 0.2) is 70.5 Å². The fourth-order valence-corrected chi connectivity index (χ4v) is 7.55. The molecule has 2 fully saturated rings. The van der Waals surface area contributed by atoms with Crippen molar-refractivity contribution >= 4 is 65.4 Å². The van der Waals surface area contributed by atoms with Crippen LogP contribution in [-0.4, -0.2) is 81.6 Å². The molecule has 4 aromatic carbocycles. The molecule has 0 bridgehead atoms. The second-order valence-electron chi connectivity index (χ2n) is 12.1. The first kappa shape index (κ1) is 53.6. The summed E-state index contributed by atoms with van der Waals surface area (Å²) < 4.78 is 154. The highest BCUT2D eigenvalue weighted by molar-refractivity contribution is 8.13. The molecule has 0 radical (unpaired) electrons. The molecule has 2 heterocycles. The van der Waals surface area contributed by atoms with E-state index in [0.29, 0.717) is 36.4 Å². The Hall–Kier alpha value is -4.42. The van der Waals surface area contributed by atoms with Gasteiger partial charge in [-0.05, 0) is 55.8 Å². The first-order valence-electron chi connectivity index (χ1n) is 16.1. The van der Waals surface area contributed by atoms with Crippen LogP contribution < -0.4 is 16.0 Å². The highest BCUT2D eigenvalue weighted by Gasteiger charge is 2.34. The topological polar surface area (TPSA) is 182 Å². The number of sulfonamides is 1. The maximum Gasteiger partial charge on any atom is 0.264 e. The van der Waals surface area contributed by atoms with Gasteiger partial charge in [0, 0.05) is 77.1 Å². The smallest absolute Gasteiger partial charge is 0.264 e. The van der Waals surface area contributed by atoms with E-state index < -0.39 is 105 Å². The van der Waals surface area contributed by atoms with Crippen molar-refractivity contribution in [1.29, 1.82) is 0 Å². The fourth-order valence-electron chi connectivity index (χ4n) is 5.04. The molecular formula is C36H38Cl2F8N4O8S2. The van der Waals surface area contributed by atoms with Gasteiger partial charge < -0.3 is 26.2 Å². The number of hydrogen-bond donors (Lipinski definition) is 5. The number of nitrogens with one attached hydrogen (secondary N) is 3. The van der Waals surface area contributed by atoms with E-state index in [1.165, 1.54) is 0 Å². The van der Waals surface area contributed by atoms with Gasteiger partial charge in [-0.2, -0.15) is 4.31 Å². The van der Waals surface area contributed by atoms with Crippen molar-refractivity contribution in [2.45, 2.75) is 49.7 Å². The third-order valence-corrected chi connectivity index (χ3v) is 11.1. The molecule has 2 saturated heterocycles. The lowest BCUT2D eigenvalue weighted by Crippen LogP contribution is -2.30. The zero-order valence-electron chi connectivity index (χ0n) is 29.1. The molecule has 2 aliphatic heterocycles. The van der Waals surface area contributed by atoms with Gasteiger partial charge in [-0.1, -0.05) is 14.9 Å². The number of aliphatic hydroxyl groups is 2. The number of hydrogen-bond acceptors (Lipinski definition) is 9. The second-order valence-corrected chi connectivity index (χ2v) is 16.5. The van der Waals surface area contributed by atoms with Crippen LogP contribution in [0.5, 0.6) is 0 Å². The minimum Gasteiger partial charge on any atom is -0.392 e. The van der Waals surface area contributed by atoms with Crippen LogP contribution in [0.2, 0.25) is 0 Å². The zero-order chi connectivity index (χ0) is 42.4. The summed E-state index contributed by atoms with van der Waals surface area (Å²) in [5, 5.41) is 25.3. The van der Waals surface area contributed by atoms with Crippen LogP contribution in [0.4, 0.5) is 46.5 Å². The quantitative estimate of drug-likeness (QED) is 0.0765. The van der Waals surface area contributed by atoms with Crippen LogP contribution >= 0.6 is 23.1 Å². The van der Waals surface area contributed by atoms with Crippen molar-refractivity contribution in [3.05, 3.63) is 118 Å². The number of amides is 2. The number of benzene rings is 4. The van der Waals surface area contributed by atoms with Gasteiger partial charge in [-0.25, -0.2) is 52.0 Å². The number of nitrogens with zero attached hydrogens (tertiary/aromatic N) is 1. The predicted octanol–water partition coefficient (Wildman–Crippen LogP) is 6.71. The third-order valence-electron chi connectivity index (χ3n) is 7.91. The van der Waals surface area contributed by atoms with Gasteiger partial charge in [0.2, 0.25) is 10.0 Å². The molecule has 12 nitrogen and oxygen atoms in total. The van der Waals surface area contributed by atoms with E-state index in [0.717, 1.165) is 48.1 Å². The summed E-state index contributed by atoms with van der Waals surface area (Å²) in [6, 6.07) is 6.95. The Morgan fingerprint density at radius 1 is 0.650 bits per heavy atom. The van der Waals surface area contributed by atoms with Crippen LogP contribution in [0.3, 0.4) is 0 Å². The number of carbonyl (C=O) groups excluding carboxylic acids is 2. The van der Waals surface area contributed by atoms with E-state index in [9.17, 15) is 66.7 Å². The number of anilines is 2. The Morgan fingerprint density at radius 3 is 1.40 bits per heavy atom. The highest BCUT2D eigenvalue weighted by Crippen LogP contribution is 2.26. The van der Waals surface area contributed by atoms with Gasteiger partial charge in [-0.15, -0.1) is 12.4 Å². The largest absolute Gasteiger partial charge is 0.392 e. The molecular weight excluding hydrogens is 903 g/mol. The molecule has 0 saturated carbocycles. The van der Waals surface area contributed by atoms with Gasteiger partial charge in [0.15, 0.2) is 34.9 Å². The summed E-state index contributed by atoms with van der Waals surface area (Å²) in [5.41, 5.74) is -1.45. The Labute approximate surface area is 350 Å². The molecule has 2 atom stereocenters. The van der Waals surface area contributed by atoms with Gasteiger partial charge in [0.1, 0.15) is 21.4 Å². The maximum absolute atomic E-state index is 14.1. The molecule has 2 unspecified atom stereocenters. The Morgan fingerprint density at radius 2 is 1.07 bits per heavy atom. The van der Waals surface area contributed by atoms with Crippen molar-refractivity contribution in [2.24, 2.45) is 0 Å². The van der Waals surface area contributed by atoms with E-state index in [4.69, 9.17) is 15.8 Å². The van der Waals surface area contributed by atoms with Crippen molar-refractivity contribution in [3.63, 3.8) is 0 Å². The average Bonchev–Trinajstić information content (AvgIpc) is 3.81. The number of aliphatic hydroxyl groups excluding tert-OH is 2. The highest BCUT2D eigenvalue weighted by atomic mass is 35.7. The number of halogens is 10. The first-order chi connectivity index (χ1) is 26.6. The Balaban J connectivity index is 0.000000509. The summed E-state index contributed by atoms with van der Waals surface area (Å²) in [5.74, 6) is -13.8. The van der Waals surface area contributed by atoms with E-state index in [-0.39, 0.29) is 64.0 Å². The van der Waals surface area contributed by atoms with Crippen molar-refractivity contribution < 1.29 is 71.8 Å². The standard InChI is InChI=1S/C17H14F4N2O4S.C13H6ClF4NO3S.C4H9NO.2CH4.ClH/c18-12-2-1-9(5-15(12)28(26,27)23-4-3-11(24)8-23)17(25)22-10-6-13(19)16(21)14(20)7-10;14-23(21,22)11-3-6(1-2-8(11)15)13(20)19-7-4-9(16)12(18)10(17)5-7;6-4-1-2-5-3-4;;;/h1-2,5-7,11,24H,3-4,8H2,(H,22,25);1-5H,(H,19,20);4-6H,1-3H2;2*1H4;1H. The summed E-state index contributed by atoms with van der Waals surface area (Å²) in [6.45, 7) is 1.57. The minimum absolute atomic E-state index is 0. The van der Waals surface area contributed by atoms with Gasteiger partial charge >= 0.3 is 0 Å². The molecule has 0 spiro atoms. The van der Waals surface area contributed by atoms with E-state index in [2.05, 4.69) is 10.6 Å². The summed E-state index contributed by atoms with van der Waals surface area (Å²) >= 11 is 0. The summed E-state index contributed by atoms with van der Waals surface area (Å²) in [7, 11) is -3.72. The Bertz CT molecular complexity index is 2350.